The second kappa shape index (κ2) is 8.64. The van der Waals surface area contributed by atoms with Crippen molar-refractivity contribution in [2.75, 3.05) is 13.1 Å². The van der Waals surface area contributed by atoms with Crippen molar-refractivity contribution in [2.45, 2.75) is 39.2 Å². The lowest BCUT2D eigenvalue weighted by molar-refractivity contribution is 0.174. The van der Waals surface area contributed by atoms with Crippen LogP contribution < -0.4 is 11.1 Å². The van der Waals surface area contributed by atoms with Crippen molar-refractivity contribution in [2.24, 2.45) is 16.3 Å². The molecule has 1 aromatic carbocycles. The van der Waals surface area contributed by atoms with E-state index in [0.717, 1.165) is 31.4 Å². The van der Waals surface area contributed by atoms with Crippen molar-refractivity contribution < 1.29 is 10.3 Å². The van der Waals surface area contributed by atoms with Crippen molar-refractivity contribution in [3.05, 3.63) is 35.9 Å². The number of unbranched alkanes of at least 4 members (excludes halogenated alkanes) is 1. The molecule has 1 aromatic rings. The summed E-state index contributed by atoms with van der Waals surface area (Å²) in [6.45, 7) is 5.33. The van der Waals surface area contributed by atoms with E-state index < -0.39 is 6.10 Å². The second-order valence-corrected chi connectivity index (χ2v) is 5.96. The number of hydrogen-bond donors (Lipinski definition) is 4. The summed E-state index contributed by atoms with van der Waals surface area (Å²) < 4.78 is 0. The fraction of sp³-hybridized carbons (Fsp3) is 0.562. The number of aliphatic hydroxyl groups is 1. The van der Waals surface area contributed by atoms with Gasteiger partial charge in [0.1, 0.15) is 5.84 Å². The minimum Gasteiger partial charge on any atom is -0.409 e. The van der Waals surface area contributed by atoms with Crippen LogP contribution in [-0.4, -0.2) is 29.2 Å². The Balaban J connectivity index is 2.15. The standard InChI is InChI=1S/C16H27N3O2/c1-16(2,15(17)19-21)10-6-7-11-18-12-14(20)13-8-4-3-5-9-13/h3-5,8-9,14,18,20-21H,6-7,10-12H2,1-2H3,(H2,17,19). The molecule has 1 atom stereocenters. The molecular formula is C16H27N3O2. The minimum atomic E-state index is -0.472. The fourth-order valence-corrected chi connectivity index (χ4v) is 2.11. The maximum absolute atomic E-state index is 9.99. The summed E-state index contributed by atoms with van der Waals surface area (Å²) in [6.07, 6.45) is 2.37. The summed E-state index contributed by atoms with van der Waals surface area (Å²) in [6, 6.07) is 9.63. The molecule has 5 heteroatoms. The Hall–Kier alpha value is -1.59. The fourth-order valence-electron chi connectivity index (χ4n) is 2.11. The van der Waals surface area contributed by atoms with Crippen LogP contribution in [0.25, 0.3) is 0 Å². The molecule has 0 heterocycles. The summed E-state index contributed by atoms with van der Waals surface area (Å²) in [5, 5.41) is 25.0. The first kappa shape index (κ1) is 17.5. The van der Waals surface area contributed by atoms with Crippen molar-refractivity contribution in [1.29, 1.82) is 0 Å². The molecule has 0 amide bonds. The number of nitrogens with zero attached hydrogens (tertiary/aromatic N) is 1. The molecule has 0 saturated heterocycles. The van der Waals surface area contributed by atoms with Crippen molar-refractivity contribution >= 4 is 5.84 Å². The smallest absolute Gasteiger partial charge is 0.144 e. The first-order valence-electron chi connectivity index (χ1n) is 7.39. The van der Waals surface area contributed by atoms with Gasteiger partial charge in [0.05, 0.1) is 6.10 Å². The highest BCUT2D eigenvalue weighted by Crippen LogP contribution is 2.23. The largest absolute Gasteiger partial charge is 0.409 e. The molecule has 0 spiro atoms. The summed E-state index contributed by atoms with van der Waals surface area (Å²) in [4.78, 5) is 0. The number of benzene rings is 1. The van der Waals surface area contributed by atoms with E-state index in [9.17, 15) is 5.11 Å². The van der Waals surface area contributed by atoms with Crippen LogP contribution in [0.4, 0.5) is 0 Å². The van der Waals surface area contributed by atoms with Gasteiger partial charge in [-0.1, -0.05) is 55.8 Å². The van der Waals surface area contributed by atoms with Gasteiger partial charge in [-0.05, 0) is 24.9 Å². The maximum Gasteiger partial charge on any atom is 0.144 e. The van der Waals surface area contributed by atoms with Gasteiger partial charge in [-0.15, -0.1) is 0 Å². The first-order chi connectivity index (χ1) is 9.97. The van der Waals surface area contributed by atoms with Crippen LogP contribution in [0.15, 0.2) is 35.5 Å². The van der Waals surface area contributed by atoms with Crippen LogP contribution in [0.5, 0.6) is 0 Å². The third kappa shape index (κ3) is 6.14. The lowest BCUT2D eigenvalue weighted by Gasteiger charge is -2.22. The van der Waals surface area contributed by atoms with E-state index in [1.54, 1.807) is 0 Å². The monoisotopic (exact) mass is 293 g/mol. The van der Waals surface area contributed by atoms with Crippen LogP contribution >= 0.6 is 0 Å². The normalized spacial score (nSPS) is 14.1. The second-order valence-electron chi connectivity index (χ2n) is 5.96. The average molecular weight is 293 g/mol. The molecule has 0 aromatic heterocycles. The molecule has 0 aliphatic rings. The van der Waals surface area contributed by atoms with E-state index in [0.29, 0.717) is 6.54 Å². The Morgan fingerprint density at radius 1 is 1.29 bits per heavy atom. The zero-order chi connectivity index (χ0) is 15.7. The number of aliphatic hydroxyl groups excluding tert-OH is 1. The predicted octanol–water partition coefficient (Wildman–Crippen LogP) is 2.25. The van der Waals surface area contributed by atoms with E-state index in [4.69, 9.17) is 10.9 Å². The number of rotatable bonds is 9. The molecule has 21 heavy (non-hydrogen) atoms. The van der Waals surface area contributed by atoms with Crippen LogP contribution in [0, 0.1) is 5.41 Å². The van der Waals surface area contributed by atoms with Gasteiger partial charge in [0.25, 0.3) is 0 Å². The van der Waals surface area contributed by atoms with Crippen molar-refractivity contribution in [1.82, 2.24) is 5.32 Å². The highest BCUT2D eigenvalue weighted by molar-refractivity contribution is 5.85. The van der Waals surface area contributed by atoms with Crippen molar-refractivity contribution in [3.63, 3.8) is 0 Å². The topological polar surface area (TPSA) is 90.9 Å². The van der Waals surface area contributed by atoms with Gasteiger partial charge in [0.2, 0.25) is 0 Å². The lowest BCUT2D eigenvalue weighted by atomic mass is 9.86. The molecule has 1 rings (SSSR count). The summed E-state index contributed by atoms with van der Waals surface area (Å²) in [7, 11) is 0. The zero-order valence-electron chi connectivity index (χ0n) is 12.9. The third-order valence-corrected chi connectivity index (χ3v) is 3.73. The molecule has 118 valence electrons. The van der Waals surface area contributed by atoms with Crippen LogP contribution in [0.1, 0.15) is 44.8 Å². The molecule has 0 aliphatic heterocycles. The summed E-state index contributed by atoms with van der Waals surface area (Å²) in [5.41, 5.74) is 6.30. The van der Waals surface area contributed by atoms with E-state index in [-0.39, 0.29) is 11.3 Å². The number of oxime groups is 1. The molecule has 5 N–H and O–H groups in total. The van der Waals surface area contributed by atoms with Crippen molar-refractivity contribution in [3.8, 4) is 0 Å². The Kier molecular flexibility index (Phi) is 7.19. The van der Waals surface area contributed by atoms with Gasteiger partial charge in [0, 0.05) is 12.0 Å². The van der Waals surface area contributed by atoms with E-state index in [2.05, 4.69) is 10.5 Å². The first-order valence-corrected chi connectivity index (χ1v) is 7.39. The molecule has 0 bridgehead atoms. The van der Waals surface area contributed by atoms with Crippen LogP contribution in [0.2, 0.25) is 0 Å². The molecule has 0 saturated carbocycles. The Morgan fingerprint density at radius 3 is 2.57 bits per heavy atom. The van der Waals surface area contributed by atoms with E-state index in [1.807, 2.05) is 44.2 Å². The number of amidine groups is 1. The Morgan fingerprint density at radius 2 is 1.95 bits per heavy atom. The minimum absolute atomic E-state index is 0.273. The number of nitrogens with one attached hydrogen (secondary N) is 1. The van der Waals surface area contributed by atoms with E-state index in [1.165, 1.54) is 0 Å². The highest BCUT2D eigenvalue weighted by atomic mass is 16.4. The van der Waals surface area contributed by atoms with Crippen LogP contribution in [0.3, 0.4) is 0 Å². The lowest BCUT2D eigenvalue weighted by Crippen LogP contribution is -2.32. The molecule has 5 nitrogen and oxygen atoms in total. The molecule has 0 radical (unpaired) electrons. The average Bonchev–Trinajstić information content (AvgIpc) is 2.50. The third-order valence-electron chi connectivity index (χ3n) is 3.73. The molecule has 1 unspecified atom stereocenters. The zero-order valence-corrected chi connectivity index (χ0v) is 12.9. The number of hydrogen-bond acceptors (Lipinski definition) is 4. The Bertz CT molecular complexity index is 432. The molecule has 0 aliphatic carbocycles. The van der Waals surface area contributed by atoms with Gasteiger partial charge in [0.15, 0.2) is 0 Å². The molecule has 0 fully saturated rings. The van der Waals surface area contributed by atoms with Gasteiger partial charge < -0.3 is 21.4 Å². The molecular weight excluding hydrogens is 266 g/mol. The summed E-state index contributed by atoms with van der Waals surface area (Å²) >= 11 is 0. The summed E-state index contributed by atoms with van der Waals surface area (Å²) in [5.74, 6) is 0.273. The highest BCUT2D eigenvalue weighted by Gasteiger charge is 2.22. The van der Waals surface area contributed by atoms with E-state index >= 15 is 0 Å². The maximum atomic E-state index is 9.99. The Labute approximate surface area is 126 Å². The SMILES string of the molecule is CC(C)(CCCCNCC(O)c1ccccc1)/C(N)=N/O. The van der Waals surface area contributed by atoms with Gasteiger partial charge >= 0.3 is 0 Å². The van der Waals surface area contributed by atoms with Gasteiger partial charge in [-0.25, -0.2) is 0 Å². The predicted molar refractivity (Wildman–Crippen MR) is 85.3 cm³/mol. The quantitative estimate of drug-likeness (QED) is 0.185. The number of nitrogens with two attached hydrogens (primary N) is 1. The van der Waals surface area contributed by atoms with Gasteiger partial charge in [-0.3, -0.25) is 0 Å². The van der Waals surface area contributed by atoms with Gasteiger partial charge in [-0.2, -0.15) is 0 Å². The van der Waals surface area contributed by atoms with Crippen LogP contribution in [-0.2, 0) is 0 Å².